The van der Waals surface area contributed by atoms with Gasteiger partial charge in [0.1, 0.15) is 0 Å². The van der Waals surface area contributed by atoms with Crippen LogP contribution < -0.4 is 10.6 Å². The number of carbonyl (C=O) groups excluding carboxylic acids is 2. The summed E-state index contributed by atoms with van der Waals surface area (Å²) in [6.45, 7) is 5.47. The number of sulfone groups is 1. The molecule has 1 atom stereocenters. The summed E-state index contributed by atoms with van der Waals surface area (Å²) in [5.41, 5.74) is 3.20. The molecular formula is C21H24N2O4S2. The minimum absolute atomic E-state index is 0.102. The number of benzene rings is 2. The number of thioether (sulfide) groups is 1. The van der Waals surface area contributed by atoms with E-state index in [1.54, 1.807) is 13.0 Å². The highest BCUT2D eigenvalue weighted by molar-refractivity contribution is 7.99. The lowest BCUT2D eigenvalue weighted by molar-refractivity contribution is -0.119. The summed E-state index contributed by atoms with van der Waals surface area (Å²) in [7, 11) is -3.70. The van der Waals surface area contributed by atoms with Gasteiger partial charge in [0.05, 0.1) is 16.3 Å². The molecule has 0 spiro atoms. The zero-order valence-electron chi connectivity index (χ0n) is 16.6. The second kappa shape index (κ2) is 8.59. The number of nitrogens with one attached hydrogen (secondary N) is 2. The first-order chi connectivity index (χ1) is 13.6. The predicted octanol–water partition coefficient (Wildman–Crippen LogP) is 3.79. The van der Waals surface area contributed by atoms with Crippen LogP contribution >= 0.6 is 11.8 Å². The molecule has 0 bridgehead atoms. The molecule has 2 amide bonds. The Balaban J connectivity index is 1.74. The third kappa shape index (κ3) is 5.39. The van der Waals surface area contributed by atoms with Crippen LogP contribution in [0.2, 0.25) is 0 Å². The van der Waals surface area contributed by atoms with E-state index in [4.69, 9.17) is 0 Å². The molecule has 0 saturated heterocycles. The van der Waals surface area contributed by atoms with Crippen LogP contribution in [-0.2, 0) is 19.4 Å². The Kier molecular flexibility index (Phi) is 6.33. The Morgan fingerprint density at radius 1 is 1.17 bits per heavy atom. The Bertz CT molecular complexity index is 1040. The Labute approximate surface area is 175 Å². The number of aryl methyl sites for hydroxylation is 2. The van der Waals surface area contributed by atoms with Gasteiger partial charge in [0, 0.05) is 28.7 Å². The minimum Gasteiger partial charge on any atom is -0.326 e. The number of amides is 2. The fraction of sp³-hybridized carbons (Fsp3) is 0.333. The maximum absolute atomic E-state index is 12.9. The Hall–Kier alpha value is -2.32. The topological polar surface area (TPSA) is 92.3 Å². The molecule has 0 aliphatic carbocycles. The van der Waals surface area contributed by atoms with Crippen molar-refractivity contribution in [1.82, 2.24) is 0 Å². The van der Waals surface area contributed by atoms with Crippen LogP contribution in [0.3, 0.4) is 0 Å². The number of carbonyl (C=O) groups is 2. The third-order valence-electron chi connectivity index (χ3n) is 4.58. The molecule has 1 aliphatic rings. The van der Waals surface area contributed by atoms with Gasteiger partial charge in [0.25, 0.3) is 0 Å². The average molecular weight is 433 g/mol. The number of hydrogen-bond donors (Lipinski definition) is 2. The summed E-state index contributed by atoms with van der Waals surface area (Å²) in [5, 5.41) is 5.55. The molecule has 8 heteroatoms. The standard InChI is InChI=1S/C21H24N2O4S2/c1-13-8-14(2)10-16(9-13)22-21(25)15(3)12-29(26,27)17-4-5-19-18(11-17)23-20(24)6-7-28-19/h4-5,8-11,15H,6-7,12H2,1-3H3,(H,22,25)(H,23,24). The van der Waals surface area contributed by atoms with Crippen molar-refractivity contribution in [3.05, 3.63) is 47.5 Å². The highest BCUT2D eigenvalue weighted by Gasteiger charge is 2.25. The normalized spacial score (nSPS) is 15.1. The molecule has 0 aromatic heterocycles. The van der Waals surface area contributed by atoms with Gasteiger partial charge in [-0.25, -0.2) is 8.42 Å². The average Bonchev–Trinajstić information content (AvgIpc) is 2.80. The van der Waals surface area contributed by atoms with Crippen LogP contribution in [0.1, 0.15) is 24.5 Å². The minimum atomic E-state index is -3.70. The van der Waals surface area contributed by atoms with Gasteiger partial charge in [0.2, 0.25) is 11.8 Å². The molecule has 1 heterocycles. The van der Waals surface area contributed by atoms with E-state index >= 15 is 0 Å². The SMILES string of the molecule is Cc1cc(C)cc(NC(=O)C(C)CS(=O)(=O)c2ccc3c(c2)NC(=O)CCS3)c1. The van der Waals surface area contributed by atoms with Gasteiger partial charge in [-0.3, -0.25) is 9.59 Å². The van der Waals surface area contributed by atoms with Crippen LogP contribution in [0.25, 0.3) is 0 Å². The smallest absolute Gasteiger partial charge is 0.228 e. The van der Waals surface area contributed by atoms with E-state index in [9.17, 15) is 18.0 Å². The van der Waals surface area contributed by atoms with Gasteiger partial charge in [-0.15, -0.1) is 11.8 Å². The molecule has 1 aliphatic heterocycles. The van der Waals surface area contributed by atoms with Crippen LogP contribution in [0, 0.1) is 19.8 Å². The van der Waals surface area contributed by atoms with Gasteiger partial charge < -0.3 is 10.6 Å². The first kappa shape index (κ1) is 21.4. The third-order valence-corrected chi connectivity index (χ3v) is 7.56. The predicted molar refractivity (Wildman–Crippen MR) is 116 cm³/mol. The molecule has 1 unspecified atom stereocenters. The number of rotatable bonds is 5. The molecule has 29 heavy (non-hydrogen) atoms. The zero-order valence-corrected chi connectivity index (χ0v) is 18.2. The largest absolute Gasteiger partial charge is 0.326 e. The summed E-state index contributed by atoms with van der Waals surface area (Å²) in [4.78, 5) is 25.2. The molecule has 0 radical (unpaired) electrons. The summed E-state index contributed by atoms with van der Waals surface area (Å²) in [6, 6.07) is 10.4. The van der Waals surface area contributed by atoms with Crippen molar-refractivity contribution < 1.29 is 18.0 Å². The van der Waals surface area contributed by atoms with E-state index in [1.165, 1.54) is 23.9 Å². The van der Waals surface area contributed by atoms with Gasteiger partial charge >= 0.3 is 0 Å². The first-order valence-electron chi connectivity index (χ1n) is 9.33. The Morgan fingerprint density at radius 2 is 1.86 bits per heavy atom. The van der Waals surface area contributed by atoms with Gasteiger partial charge in [-0.05, 0) is 55.3 Å². The molecule has 2 aromatic carbocycles. The van der Waals surface area contributed by atoms with Crippen molar-refractivity contribution in [2.24, 2.45) is 5.92 Å². The van der Waals surface area contributed by atoms with Crippen molar-refractivity contribution in [3.63, 3.8) is 0 Å². The number of hydrogen-bond acceptors (Lipinski definition) is 5. The second-order valence-corrected chi connectivity index (χ2v) is 10.5. The van der Waals surface area contributed by atoms with Crippen LogP contribution in [0.4, 0.5) is 11.4 Å². The van der Waals surface area contributed by atoms with Crippen molar-refractivity contribution in [1.29, 1.82) is 0 Å². The quantitative estimate of drug-likeness (QED) is 0.750. The lowest BCUT2D eigenvalue weighted by Crippen LogP contribution is -2.27. The van der Waals surface area contributed by atoms with Gasteiger partial charge in [-0.2, -0.15) is 0 Å². The second-order valence-electron chi connectivity index (χ2n) is 7.35. The molecule has 6 nitrogen and oxygen atoms in total. The van der Waals surface area contributed by atoms with Crippen LogP contribution in [0.5, 0.6) is 0 Å². The highest BCUT2D eigenvalue weighted by atomic mass is 32.2. The maximum Gasteiger partial charge on any atom is 0.228 e. The van der Waals surface area contributed by atoms with E-state index in [2.05, 4.69) is 10.6 Å². The van der Waals surface area contributed by atoms with Crippen molar-refractivity contribution in [2.75, 3.05) is 22.1 Å². The van der Waals surface area contributed by atoms with Crippen molar-refractivity contribution >= 4 is 44.8 Å². The molecule has 2 aromatic rings. The maximum atomic E-state index is 12.9. The summed E-state index contributed by atoms with van der Waals surface area (Å²) < 4.78 is 25.7. The van der Waals surface area contributed by atoms with E-state index in [1.807, 2.05) is 32.0 Å². The van der Waals surface area contributed by atoms with Crippen molar-refractivity contribution in [3.8, 4) is 0 Å². The summed E-state index contributed by atoms with van der Waals surface area (Å²) >= 11 is 1.51. The van der Waals surface area contributed by atoms with Gasteiger partial charge in [0.15, 0.2) is 9.84 Å². The molecule has 2 N–H and O–H groups in total. The van der Waals surface area contributed by atoms with E-state index in [-0.39, 0.29) is 22.5 Å². The molecule has 3 rings (SSSR count). The lowest BCUT2D eigenvalue weighted by atomic mass is 10.1. The number of fused-ring (bicyclic) bond motifs is 1. The van der Waals surface area contributed by atoms with E-state index in [0.29, 0.717) is 23.5 Å². The highest BCUT2D eigenvalue weighted by Crippen LogP contribution is 2.33. The lowest BCUT2D eigenvalue weighted by Gasteiger charge is -2.15. The molecule has 0 fully saturated rings. The number of anilines is 2. The first-order valence-corrected chi connectivity index (χ1v) is 12.0. The molecule has 154 valence electrons. The monoisotopic (exact) mass is 432 g/mol. The Morgan fingerprint density at radius 3 is 2.55 bits per heavy atom. The molecular weight excluding hydrogens is 408 g/mol. The van der Waals surface area contributed by atoms with Gasteiger partial charge in [-0.1, -0.05) is 13.0 Å². The van der Waals surface area contributed by atoms with Crippen LogP contribution in [-0.4, -0.2) is 31.7 Å². The van der Waals surface area contributed by atoms with E-state index in [0.717, 1.165) is 16.0 Å². The fourth-order valence-corrected chi connectivity index (χ4v) is 5.72. The fourth-order valence-electron chi connectivity index (χ4n) is 3.21. The van der Waals surface area contributed by atoms with Crippen molar-refractivity contribution in [2.45, 2.75) is 37.0 Å². The van der Waals surface area contributed by atoms with Crippen LogP contribution in [0.15, 0.2) is 46.2 Å². The zero-order chi connectivity index (χ0) is 21.2. The summed E-state index contributed by atoms with van der Waals surface area (Å²) in [5.74, 6) is -0.878. The summed E-state index contributed by atoms with van der Waals surface area (Å²) in [6.07, 6.45) is 0.386. The molecule has 0 saturated carbocycles. The van der Waals surface area contributed by atoms with E-state index < -0.39 is 15.8 Å².